The van der Waals surface area contributed by atoms with Crippen molar-refractivity contribution in [3.8, 4) is 5.75 Å². The molecule has 1 aromatic rings. The Kier molecular flexibility index (Phi) is 5.65. The molecule has 0 saturated heterocycles. The molecule has 0 amide bonds. The topological polar surface area (TPSA) is 48.4 Å². The first-order chi connectivity index (χ1) is 8.76. The van der Waals surface area contributed by atoms with E-state index in [0.29, 0.717) is 0 Å². The third-order valence-corrected chi connectivity index (χ3v) is 3.16. The average Bonchev–Trinajstić information content (AvgIpc) is 2.26. The second-order valence-corrected chi connectivity index (χ2v) is 4.60. The number of esters is 1. The Hall–Kier alpha value is -0.770. The van der Waals surface area contributed by atoms with Gasteiger partial charge in [0.2, 0.25) is 0 Å². The van der Waals surface area contributed by atoms with Crippen LogP contribution in [-0.4, -0.2) is 24.4 Å². The molecule has 1 rings (SSSR count). The quantitative estimate of drug-likeness (QED) is 0.332. The first kappa shape index (κ1) is 16.3. The van der Waals surface area contributed by atoms with Gasteiger partial charge in [-0.25, -0.2) is 4.98 Å². The monoisotopic (exact) mass is 409 g/mol. The molecule has 0 aliphatic carbocycles. The maximum absolute atomic E-state index is 12.3. The van der Waals surface area contributed by atoms with Crippen molar-refractivity contribution in [2.75, 3.05) is 7.11 Å². The van der Waals surface area contributed by atoms with Crippen LogP contribution >= 0.6 is 34.2 Å². The summed E-state index contributed by atoms with van der Waals surface area (Å²) in [7, 11) is 1.17. The van der Waals surface area contributed by atoms with Crippen LogP contribution in [0.1, 0.15) is 11.3 Å². The highest BCUT2D eigenvalue weighted by Gasteiger charge is 2.33. The van der Waals surface area contributed by atoms with E-state index in [2.05, 4.69) is 14.5 Å². The van der Waals surface area contributed by atoms with Crippen LogP contribution in [0.3, 0.4) is 0 Å². The first-order valence-corrected chi connectivity index (χ1v) is 6.45. The number of carbonyl (C=O) groups is 1. The zero-order chi connectivity index (χ0) is 14.6. The predicted octanol–water partition coefficient (Wildman–Crippen LogP) is 3.04. The summed E-state index contributed by atoms with van der Waals surface area (Å²) in [5, 5.41) is 0. The zero-order valence-electron chi connectivity index (χ0n) is 9.55. The highest BCUT2D eigenvalue weighted by Crippen LogP contribution is 2.30. The molecule has 1 heterocycles. The molecule has 0 N–H and O–H groups in total. The Morgan fingerprint density at radius 2 is 2.16 bits per heavy atom. The minimum absolute atomic E-state index is 0.115. The fraction of sp³-hybridized carbons (Fsp3) is 0.400. The molecule has 0 bridgehead atoms. The molecule has 4 nitrogen and oxygen atoms in total. The lowest BCUT2D eigenvalue weighted by Gasteiger charge is -2.14. The number of alkyl halides is 4. The van der Waals surface area contributed by atoms with Crippen LogP contribution in [0.5, 0.6) is 5.75 Å². The van der Waals surface area contributed by atoms with Crippen LogP contribution in [0.25, 0.3) is 0 Å². The molecule has 0 aliphatic heterocycles. The van der Waals surface area contributed by atoms with Gasteiger partial charge in [0.1, 0.15) is 9.45 Å². The predicted molar refractivity (Wildman–Crippen MR) is 68.9 cm³/mol. The molecule has 0 spiro atoms. The summed E-state index contributed by atoms with van der Waals surface area (Å²) in [6.45, 7) is 0. The number of halogens is 5. The van der Waals surface area contributed by atoms with E-state index in [-0.39, 0.29) is 27.3 Å². The highest BCUT2D eigenvalue weighted by atomic mass is 127. The Morgan fingerprint density at radius 1 is 1.53 bits per heavy atom. The van der Waals surface area contributed by atoms with Crippen molar-refractivity contribution >= 4 is 40.2 Å². The minimum atomic E-state index is -4.84. The molecule has 0 aromatic carbocycles. The van der Waals surface area contributed by atoms with Crippen LogP contribution in [0.4, 0.5) is 13.2 Å². The second kappa shape index (κ2) is 6.60. The van der Waals surface area contributed by atoms with Gasteiger partial charge in [-0.05, 0) is 22.6 Å². The van der Waals surface area contributed by atoms with Gasteiger partial charge >= 0.3 is 12.3 Å². The van der Waals surface area contributed by atoms with Crippen molar-refractivity contribution in [2.45, 2.75) is 18.7 Å². The molecule has 0 aliphatic rings. The zero-order valence-corrected chi connectivity index (χ0v) is 12.5. The molecule has 1 aromatic heterocycles. The van der Waals surface area contributed by atoms with Gasteiger partial charge in [-0.15, -0.1) is 24.8 Å². The molecule has 0 unspecified atom stereocenters. The Labute approximate surface area is 125 Å². The lowest BCUT2D eigenvalue weighted by Crippen LogP contribution is -2.19. The van der Waals surface area contributed by atoms with Gasteiger partial charge in [-0.2, -0.15) is 0 Å². The van der Waals surface area contributed by atoms with Gasteiger partial charge < -0.3 is 9.47 Å². The van der Waals surface area contributed by atoms with E-state index in [1.807, 2.05) is 0 Å². The summed E-state index contributed by atoms with van der Waals surface area (Å²) in [5.41, 5.74) is 0.234. The third kappa shape index (κ3) is 5.01. The maximum Gasteiger partial charge on any atom is 0.573 e. The molecule has 19 heavy (non-hydrogen) atoms. The number of nitrogens with zero attached hydrogens (tertiary/aromatic N) is 1. The summed E-state index contributed by atoms with van der Waals surface area (Å²) < 4.78 is 45.4. The SMILES string of the molecule is COC(=O)Cc1cc(OC(F)(F)F)c(CCl)c(I)n1. The van der Waals surface area contributed by atoms with E-state index in [9.17, 15) is 18.0 Å². The van der Waals surface area contributed by atoms with Gasteiger partial charge in [0.15, 0.2) is 0 Å². The summed E-state index contributed by atoms with van der Waals surface area (Å²) in [6, 6.07) is 1.03. The molecule has 0 radical (unpaired) electrons. The van der Waals surface area contributed by atoms with Crippen molar-refractivity contribution < 1.29 is 27.4 Å². The molecular formula is C10H8ClF3INO3. The van der Waals surface area contributed by atoms with E-state index in [1.165, 1.54) is 7.11 Å². The van der Waals surface area contributed by atoms with Gasteiger partial charge in [0, 0.05) is 11.6 Å². The van der Waals surface area contributed by atoms with Gasteiger partial charge in [-0.1, -0.05) is 0 Å². The van der Waals surface area contributed by atoms with Crippen LogP contribution in [0, 0.1) is 3.70 Å². The Morgan fingerprint density at radius 3 is 2.63 bits per heavy atom. The molecular weight excluding hydrogens is 401 g/mol. The maximum atomic E-state index is 12.3. The molecule has 0 fully saturated rings. The Balaban J connectivity index is 3.14. The normalized spacial score (nSPS) is 11.3. The van der Waals surface area contributed by atoms with Crippen molar-refractivity contribution in [3.63, 3.8) is 0 Å². The number of methoxy groups -OCH3 is 1. The third-order valence-electron chi connectivity index (χ3n) is 2.00. The number of carbonyl (C=O) groups excluding carboxylic acids is 1. The molecule has 0 saturated carbocycles. The summed E-state index contributed by atoms with van der Waals surface area (Å²) in [6.07, 6.45) is -5.09. The Bertz CT molecular complexity index is 482. The number of aromatic nitrogens is 1. The van der Waals surface area contributed by atoms with E-state index in [1.54, 1.807) is 22.6 Å². The van der Waals surface area contributed by atoms with E-state index >= 15 is 0 Å². The van der Waals surface area contributed by atoms with Crippen molar-refractivity contribution in [2.24, 2.45) is 0 Å². The number of rotatable bonds is 4. The molecule has 106 valence electrons. The first-order valence-electron chi connectivity index (χ1n) is 4.83. The van der Waals surface area contributed by atoms with Crippen LogP contribution in [-0.2, 0) is 21.8 Å². The van der Waals surface area contributed by atoms with Crippen molar-refractivity contribution in [3.05, 3.63) is 21.0 Å². The number of hydrogen-bond donors (Lipinski definition) is 0. The summed E-state index contributed by atoms with van der Waals surface area (Å²) >= 11 is 7.29. The van der Waals surface area contributed by atoms with Crippen LogP contribution < -0.4 is 4.74 Å². The van der Waals surface area contributed by atoms with E-state index < -0.39 is 18.1 Å². The van der Waals surface area contributed by atoms with Gasteiger partial charge in [0.05, 0.1) is 25.1 Å². The van der Waals surface area contributed by atoms with Gasteiger partial charge in [-0.3, -0.25) is 4.79 Å². The average molecular weight is 410 g/mol. The lowest BCUT2D eigenvalue weighted by molar-refractivity contribution is -0.274. The van der Waals surface area contributed by atoms with Crippen LogP contribution in [0.2, 0.25) is 0 Å². The lowest BCUT2D eigenvalue weighted by atomic mass is 10.2. The van der Waals surface area contributed by atoms with Crippen LogP contribution in [0.15, 0.2) is 6.07 Å². The van der Waals surface area contributed by atoms with E-state index in [4.69, 9.17) is 11.6 Å². The van der Waals surface area contributed by atoms with Crippen molar-refractivity contribution in [1.82, 2.24) is 4.98 Å². The minimum Gasteiger partial charge on any atom is -0.469 e. The number of pyridine rings is 1. The van der Waals surface area contributed by atoms with Gasteiger partial charge in [0.25, 0.3) is 0 Å². The summed E-state index contributed by atoms with van der Waals surface area (Å²) in [5.74, 6) is -1.25. The number of ether oxygens (including phenoxy) is 2. The largest absolute Gasteiger partial charge is 0.573 e. The molecule has 0 atom stereocenters. The highest BCUT2D eigenvalue weighted by molar-refractivity contribution is 14.1. The fourth-order valence-corrected chi connectivity index (χ4v) is 2.46. The fourth-order valence-electron chi connectivity index (χ4n) is 1.21. The standard InChI is InChI=1S/C10H8ClF3INO3/c1-18-8(17)3-5-2-7(19-10(12,13)14)6(4-11)9(15)16-5/h2H,3-4H2,1H3. The van der Waals surface area contributed by atoms with E-state index in [0.717, 1.165) is 6.07 Å². The smallest absolute Gasteiger partial charge is 0.469 e. The molecule has 9 heteroatoms. The second-order valence-electron chi connectivity index (χ2n) is 3.32. The summed E-state index contributed by atoms with van der Waals surface area (Å²) in [4.78, 5) is 15.1. The number of hydrogen-bond acceptors (Lipinski definition) is 4. The van der Waals surface area contributed by atoms with Crippen molar-refractivity contribution in [1.29, 1.82) is 0 Å².